The summed E-state index contributed by atoms with van der Waals surface area (Å²) in [6, 6.07) is 0. The van der Waals surface area contributed by atoms with Crippen molar-refractivity contribution in [3.05, 3.63) is 24.4 Å². The Morgan fingerprint density at radius 2 is 2.17 bits per heavy atom. The summed E-state index contributed by atoms with van der Waals surface area (Å²) in [6.07, 6.45) is -0.709. The maximum atomic E-state index is 13.8. The standard InChI is InChI=1S/C19H16FN5O10/c1-4-19(35-16(26)29-3)10(33-17(27)30-6-9-8(2)31-18(28)32-9)5-11(34-19)25-7-22-12-13(21)23-15(20)24-14(12)25/h1,6-8,10-11H,5H2,2-3H3,(H2,21,23,24)/t8?,10-,11+,19+/m0/s1. The van der Waals surface area contributed by atoms with Crippen LogP contribution in [0.4, 0.5) is 24.6 Å². The Morgan fingerprint density at radius 3 is 2.83 bits per heavy atom. The predicted octanol–water partition coefficient (Wildman–Crippen LogP) is 1.50. The number of nitrogens with two attached hydrogens (primary N) is 1. The van der Waals surface area contributed by atoms with Crippen LogP contribution in [0.15, 0.2) is 18.3 Å². The molecule has 16 heteroatoms. The van der Waals surface area contributed by atoms with E-state index in [-0.39, 0.29) is 29.2 Å². The zero-order valence-electron chi connectivity index (χ0n) is 18.0. The summed E-state index contributed by atoms with van der Waals surface area (Å²) in [7, 11) is 1.02. The molecule has 4 heterocycles. The van der Waals surface area contributed by atoms with Crippen LogP contribution in [0.3, 0.4) is 0 Å². The van der Waals surface area contributed by atoms with Gasteiger partial charge in [-0.3, -0.25) is 4.57 Å². The topological polar surface area (TPSA) is 185 Å². The third-order valence-corrected chi connectivity index (χ3v) is 4.87. The van der Waals surface area contributed by atoms with Gasteiger partial charge in [-0.1, -0.05) is 0 Å². The van der Waals surface area contributed by atoms with Gasteiger partial charge in [0.25, 0.3) is 0 Å². The molecular weight excluding hydrogens is 477 g/mol. The van der Waals surface area contributed by atoms with Gasteiger partial charge in [-0.2, -0.15) is 14.4 Å². The van der Waals surface area contributed by atoms with Crippen molar-refractivity contribution in [3.8, 4) is 12.3 Å². The first-order valence-corrected chi connectivity index (χ1v) is 9.69. The molecule has 0 bridgehead atoms. The fraction of sp³-hybridized carbons (Fsp3) is 0.368. The van der Waals surface area contributed by atoms with Crippen LogP contribution in [0.1, 0.15) is 19.6 Å². The first-order chi connectivity index (χ1) is 16.7. The minimum Gasteiger partial charge on any atom is -0.438 e. The summed E-state index contributed by atoms with van der Waals surface area (Å²) >= 11 is 0. The predicted molar refractivity (Wildman–Crippen MR) is 106 cm³/mol. The van der Waals surface area contributed by atoms with Crippen molar-refractivity contribution in [1.29, 1.82) is 0 Å². The minimum absolute atomic E-state index is 0.0611. The number of hydrogen-bond acceptors (Lipinski definition) is 14. The number of imidazole rings is 1. The molecule has 0 saturated carbocycles. The van der Waals surface area contributed by atoms with Crippen LogP contribution in [0.2, 0.25) is 0 Å². The van der Waals surface area contributed by atoms with Crippen LogP contribution in [-0.4, -0.2) is 63.1 Å². The Hall–Kier alpha value is -4.65. The van der Waals surface area contributed by atoms with E-state index in [1.165, 1.54) is 17.8 Å². The van der Waals surface area contributed by atoms with Crippen molar-refractivity contribution in [1.82, 2.24) is 19.5 Å². The molecule has 2 saturated heterocycles. The Labute approximate surface area is 194 Å². The van der Waals surface area contributed by atoms with Crippen LogP contribution < -0.4 is 5.73 Å². The number of carbonyl (C=O) groups excluding carboxylic acids is 3. The lowest BCUT2D eigenvalue weighted by Crippen LogP contribution is -2.45. The Kier molecular flexibility index (Phi) is 6.01. The first kappa shape index (κ1) is 23.5. The third kappa shape index (κ3) is 4.44. The number of carbonyl (C=O) groups is 3. The molecular formula is C19H16FN5O10. The van der Waals surface area contributed by atoms with Gasteiger partial charge >= 0.3 is 30.3 Å². The van der Waals surface area contributed by atoms with Crippen LogP contribution in [0.5, 0.6) is 0 Å². The monoisotopic (exact) mass is 493 g/mol. The maximum absolute atomic E-state index is 13.8. The normalized spacial score (nSPS) is 26.6. The quantitative estimate of drug-likeness (QED) is 0.212. The summed E-state index contributed by atoms with van der Waals surface area (Å²) < 4.78 is 49.7. The number of cyclic esters (lactones) is 2. The molecule has 1 unspecified atom stereocenters. The zero-order valence-corrected chi connectivity index (χ0v) is 18.0. The Bertz CT molecular complexity index is 1270. The van der Waals surface area contributed by atoms with Crippen molar-refractivity contribution < 1.29 is 51.9 Å². The van der Waals surface area contributed by atoms with Gasteiger partial charge in [-0.05, 0) is 12.8 Å². The highest BCUT2D eigenvalue weighted by molar-refractivity contribution is 5.81. The van der Waals surface area contributed by atoms with Crippen molar-refractivity contribution in [3.63, 3.8) is 0 Å². The number of rotatable bonds is 4. The number of hydrogen-bond donors (Lipinski definition) is 1. The molecule has 2 fully saturated rings. The van der Waals surface area contributed by atoms with Gasteiger partial charge in [0.15, 0.2) is 34.9 Å². The van der Waals surface area contributed by atoms with Crippen LogP contribution in [0, 0.1) is 18.4 Å². The molecule has 4 atom stereocenters. The van der Waals surface area contributed by atoms with Crippen molar-refractivity contribution >= 4 is 35.4 Å². The van der Waals surface area contributed by atoms with Crippen LogP contribution in [-0.2, 0) is 33.2 Å². The number of nitrogens with zero attached hydrogens (tertiary/aromatic N) is 4. The van der Waals surface area contributed by atoms with Crippen LogP contribution in [0.25, 0.3) is 11.2 Å². The highest BCUT2D eigenvalue weighted by atomic mass is 19.1. The van der Waals surface area contributed by atoms with E-state index in [0.717, 1.165) is 13.4 Å². The molecule has 35 heavy (non-hydrogen) atoms. The second-order valence-electron chi connectivity index (χ2n) is 6.98. The number of methoxy groups -OCH3 is 1. The lowest BCUT2D eigenvalue weighted by Gasteiger charge is -2.27. The highest BCUT2D eigenvalue weighted by Crippen LogP contribution is 2.41. The van der Waals surface area contributed by atoms with Crippen molar-refractivity contribution in [2.45, 2.75) is 37.6 Å². The average molecular weight is 493 g/mol. The van der Waals surface area contributed by atoms with Crippen molar-refractivity contribution in [2.24, 2.45) is 0 Å². The third-order valence-electron chi connectivity index (χ3n) is 4.87. The fourth-order valence-corrected chi connectivity index (χ4v) is 3.27. The van der Waals surface area contributed by atoms with E-state index in [1.54, 1.807) is 0 Å². The molecule has 4 rings (SSSR count). The number of ether oxygens (including phenoxy) is 7. The molecule has 0 aromatic carbocycles. The van der Waals surface area contributed by atoms with E-state index in [9.17, 15) is 18.8 Å². The molecule has 0 radical (unpaired) electrons. The molecule has 2 aliphatic heterocycles. The summed E-state index contributed by atoms with van der Waals surface area (Å²) in [5, 5.41) is 0. The Balaban J connectivity index is 1.60. The second kappa shape index (κ2) is 8.95. The average Bonchev–Trinajstić information content (AvgIpc) is 3.47. The smallest absolute Gasteiger partial charge is 0.438 e. The summed E-state index contributed by atoms with van der Waals surface area (Å²) in [6.45, 7) is 1.48. The molecule has 2 aliphatic rings. The SMILES string of the molecule is C#C[C@]1(OC(=O)OC)O[C@@H](n2cnc3c(N)nc(F)nc32)C[C@@H]1OC(=O)OC=C1OC(=O)OC1C. The second-order valence-corrected chi connectivity index (χ2v) is 6.98. The van der Waals surface area contributed by atoms with E-state index in [0.29, 0.717) is 0 Å². The molecule has 184 valence electrons. The number of aromatic nitrogens is 4. The van der Waals surface area contributed by atoms with Gasteiger partial charge in [-0.15, -0.1) is 6.42 Å². The molecule has 2 aromatic heterocycles. The van der Waals surface area contributed by atoms with Gasteiger partial charge in [0.2, 0.25) is 0 Å². The largest absolute Gasteiger partial charge is 0.514 e. The molecule has 0 amide bonds. The summed E-state index contributed by atoms with van der Waals surface area (Å²) in [5.74, 6) is -0.481. The lowest BCUT2D eigenvalue weighted by molar-refractivity contribution is -0.206. The number of fused-ring (bicyclic) bond motifs is 1. The number of halogens is 1. The van der Waals surface area contributed by atoms with Gasteiger partial charge < -0.3 is 38.9 Å². The highest BCUT2D eigenvalue weighted by Gasteiger charge is 2.55. The lowest BCUT2D eigenvalue weighted by atomic mass is 10.1. The molecule has 2 aromatic rings. The minimum atomic E-state index is -2.28. The van der Waals surface area contributed by atoms with Gasteiger partial charge in [0.1, 0.15) is 12.5 Å². The van der Waals surface area contributed by atoms with E-state index in [2.05, 4.69) is 25.6 Å². The molecule has 0 spiro atoms. The first-order valence-electron chi connectivity index (χ1n) is 9.69. The van der Waals surface area contributed by atoms with Gasteiger partial charge in [0.05, 0.1) is 13.4 Å². The molecule has 2 N–H and O–H groups in total. The molecule has 15 nitrogen and oxygen atoms in total. The number of nitrogen functional groups attached to an aromatic ring is 1. The van der Waals surface area contributed by atoms with Gasteiger partial charge in [-0.25, -0.2) is 19.4 Å². The van der Waals surface area contributed by atoms with E-state index in [1.807, 2.05) is 0 Å². The molecule has 0 aliphatic carbocycles. The summed E-state index contributed by atoms with van der Waals surface area (Å²) in [5.41, 5.74) is 5.67. The van der Waals surface area contributed by atoms with E-state index in [4.69, 9.17) is 40.6 Å². The van der Waals surface area contributed by atoms with Gasteiger partial charge in [0, 0.05) is 6.42 Å². The maximum Gasteiger partial charge on any atom is 0.514 e. The Morgan fingerprint density at radius 1 is 1.40 bits per heavy atom. The number of terminal acetylenes is 1. The fourth-order valence-electron chi connectivity index (χ4n) is 3.27. The number of anilines is 1. The summed E-state index contributed by atoms with van der Waals surface area (Å²) in [4.78, 5) is 46.4. The zero-order chi connectivity index (χ0) is 25.3. The van der Waals surface area contributed by atoms with E-state index < -0.39 is 48.8 Å². The van der Waals surface area contributed by atoms with Crippen molar-refractivity contribution in [2.75, 3.05) is 12.8 Å². The van der Waals surface area contributed by atoms with E-state index >= 15 is 0 Å². The van der Waals surface area contributed by atoms with Crippen LogP contribution >= 0.6 is 0 Å².